The Morgan fingerprint density at radius 2 is 1.48 bits per heavy atom. The molecule has 3 aromatic rings. The Bertz CT molecular complexity index is 1120. The first kappa shape index (κ1) is 19.7. The standard InChI is InChI=1S/C24H19NO4/c1-16(2)23(24(26)27)21-11-3-4-12-22(21)29-20-10-6-9-19(14-20)28-18-8-5-7-17(13-18)15-25/h3-14H,1-2H3,(H,26,27). The zero-order valence-electron chi connectivity index (χ0n) is 16.0. The van der Waals surface area contributed by atoms with Crippen LogP contribution in [-0.4, -0.2) is 11.1 Å². The summed E-state index contributed by atoms with van der Waals surface area (Å²) in [6.45, 7) is 3.51. The Labute approximate surface area is 169 Å². The molecule has 0 aliphatic rings. The monoisotopic (exact) mass is 385 g/mol. The number of nitriles is 1. The SMILES string of the molecule is CC(C)=C(C(=O)O)c1ccccc1Oc1cccc(Oc2cccc(C#N)c2)c1. The number of ether oxygens (including phenoxy) is 2. The van der Waals surface area contributed by atoms with Gasteiger partial charge >= 0.3 is 5.97 Å². The van der Waals surface area contributed by atoms with Crippen LogP contribution in [0.25, 0.3) is 5.57 Å². The molecule has 0 aromatic heterocycles. The Morgan fingerprint density at radius 1 is 0.862 bits per heavy atom. The summed E-state index contributed by atoms with van der Waals surface area (Å²) >= 11 is 0. The lowest BCUT2D eigenvalue weighted by molar-refractivity contribution is -0.130. The minimum atomic E-state index is -1.00. The molecule has 0 heterocycles. The normalized spacial score (nSPS) is 9.97. The van der Waals surface area contributed by atoms with Crippen molar-refractivity contribution in [1.29, 1.82) is 5.26 Å². The highest BCUT2D eigenvalue weighted by atomic mass is 16.5. The van der Waals surface area contributed by atoms with Gasteiger partial charge in [0.15, 0.2) is 0 Å². The summed E-state index contributed by atoms with van der Waals surface area (Å²) in [5.41, 5.74) is 1.91. The van der Waals surface area contributed by atoms with Gasteiger partial charge in [-0.3, -0.25) is 0 Å². The average Bonchev–Trinajstić information content (AvgIpc) is 2.69. The van der Waals surface area contributed by atoms with Gasteiger partial charge in [-0.15, -0.1) is 0 Å². The van der Waals surface area contributed by atoms with E-state index < -0.39 is 5.97 Å². The van der Waals surface area contributed by atoms with E-state index in [1.165, 1.54) is 0 Å². The van der Waals surface area contributed by atoms with E-state index in [0.717, 1.165) is 0 Å². The van der Waals surface area contributed by atoms with Crippen LogP contribution < -0.4 is 9.47 Å². The first-order valence-corrected chi connectivity index (χ1v) is 8.94. The minimum Gasteiger partial charge on any atom is -0.478 e. The minimum absolute atomic E-state index is 0.210. The first-order chi connectivity index (χ1) is 14.0. The van der Waals surface area contributed by atoms with Gasteiger partial charge in [0, 0.05) is 11.6 Å². The number of para-hydroxylation sites is 1. The van der Waals surface area contributed by atoms with Gasteiger partial charge in [0.1, 0.15) is 23.0 Å². The van der Waals surface area contributed by atoms with Crippen molar-refractivity contribution in [3.63, 3.8) is 0 Å². The number of carboxylic acids is 1. The van der Waals surface area contributed by atoms with Gasteiger partial charge < -0.3 is 14.6 Å². The quantitative estimate of drug-likeness (QED) is 0.525. The van der Waals surface area contributed by atoms with E-state index in [-0.39, 0.29) is 5.57 Å². The topological polar surface area (TPSA) is 79.6 Å². The number of carboxylic acid groups (broad SMARTS) is 1. The van der Waals surface area contributed by atoms with Crippen LogP contribution in [0.3, 0.4) is 0 Å². The molecule has 0 bridgehead atoms. The highest BCUT2D eigenvalue weighted by molar-refractivity contribution is 6.17. The summed E-state index contributed by atoms with van der Waals surface area (Å²) in [4.78, 5) is 11.7. The van der Waals surface area contributed by atoms with E-state index in [1.807, 2.05) is 0 Å². The van der Waals surface area contributed by atoms with Gasteiger partial charge in [-0.1, -0.05) is 35.9 Å². The van der Waals surface area contributed by atoms with Crippen LogP contribution in [0.2, 0.25) is 0 Å². The summed E-state index contributed by atoms with van der Waals surface area (Å²) in [5, 5.41) is 18.6. The van der Waals surface area contributed by atoms with Gasteiger partial charge in [-0.2, -0.15) is 5.26 Å². The second-order valence-corrected chi connectivity index (χ2v) is 6.49. The molecule has 0 saturated heterocycles. The lowest BCUT2D eigenvalue weighted by atomic mass is 10.0. The maximum atomic E-state index is 11.7. The maximum absolute atomic E-state index is 11.7. The Hall–Kier alpha value is -4.04. The highest BCUT2D eigenvalue weighted by Crippen LogP contribution is 2.34. The number of carbonyl (C=O) groups is 1. The third kappa shape index (κ3) is 4.82. The molecule has 0 aliphatic heterocycles. The van der Waals surface area contributed by atoms with Crippen LogP contribution >= 0.6 is 0 Å². The molecule has 3 rings (SSSR count). The van der Waals surface area contributed by atoms with E-state index >= 15 is 0 Å². The first-order valence-electron chi connectivity index (χ1n) is 8.94. The molecule has 0 saturated carbocycles. The highest BCUT2D eigenvalue weighted by Gasteiger charge is 2.17. The van der Waals surface area contributed by atoms with Crippen LogP contribution in [0.5, 0.6) is 23.0 Å². The number of benzene rings is 3. The molecule has 1 N–H and O–H groups in total. The van der Waals surface area contributed by atoms with Crippen molar-refractivity contribution in [3.8, 4) is 29.1 Å². The zero-order valence-corrected chi connectivity index (χ0v) is 16.0. The number of allylic oxidation sites excluding steroid dienone is 1. The molecular formula is C24H19NO4. The molecule has 0 radical (unpaired) electrons. The molecule has 0 unspecified atom stereocenters. The van der Waals surface area contributed by atoms with Crippen molar-refractivity contribution >= 4 is 11.5 Å². The Balaban J connectivity index is 1.89. The number of hydrogen-bond acceptors (Lipinski definition) is 4. The molecular weight excluding hydrogens is 366 g/mol. The van der Waals surface area contributed by atoms with Crippen molar-refractivity contribution in [1.82, 2.24) is 0 Å². The van der Waals surface area contributed by atoms with E-state index in [4.69, 9.17) is 14.7 Å². The van der Waals surface area contributed by atoms with Gasteiger partial charge in [-0.25, -0.2) is 4.79 Å². The van der Waals surface area contributed by atoms with Crippen LogP contribution in [-0.2, 0) is 4.79 Å². The third-order valence-electron chi connectivity index (χ3n) is 4.10. The predicted molar refractivity (Wildman–Crippen MR) is 110 cm³/mol. The van der Waals surface area contributed by atoms with Crippen molar-refractivity contribution in [2.45, 2.75) is 13.8 Å². The van der Waals surface area contributed by atoms with Gasteiger partial charge in [0.25, 0.3) is 0 Å². The number of nitrogens with zero attached hydrogens (tertiary/aromatic N) is 1. The van der Waals surface area contributed by atoms with Crippen molar-refractivity contribution in [3.05, 3.63) is 89.5 Å². The van der Waals surface area contributed by atoms with Crippen LogP contribution in [0.1, 0.15) is 25.0 Å². The second-order valence-electron chi connectivity index (χ2n) is 6.49. The van der Waals surface area contributed by atoms with E-state index in [2.05, 4.69) is 6.07 Å². The fraction of sp³-hybridized carbons (Fsp3) is 0.0833. The molecule has 0 amide bonds. The van der Waals surface area contributed by atoms with Gasteiger partial charge in [-0.05, 0) is 50.2 Å². The number of aliphatic carboxylic acids is 1. The van der Waals surface area contributed by atoms with Crippen LogP contribution in [0, 0.1) is 11.3 Å². The third-order valence-corrected chi connectivity index (χ3v) is 4.10. The summed E-state index contributed by atoms with van der Waals surface area (Å²) in [5.74, 6) is 1.02. The van der Waals surface area contributed by atoms with Crippen molar-refractivity contribution in [2.75, 3.05) is 0 Å². The fourth-order valence-electron chi connectivity index (χ4n) is 2.85. The maximum Gasteiger partial charge on any atom is 0.336 e. The fourth-order valence-corrected chi connectivity index (χ4v) is 2.85. The summed E-state index contributed by atoms with van der Waals surface area (Å²) in [6.07, 6.45) is 0. The van der Waals surface area contributed by atoms with Crippen LogP contribution in [0.15, 0.2) is 78.4 Å². The smallest absolute Gasteiger partial charge is 0.336 e. The van der Waals surface area contributed by atoms with E-state index in [0.29, 0.717) is 39.7 Å². The lowest BCUT2D eigenvalue weighted by Gasteiger charge is -2.14. The molecule has 5 heteroatoms. The van der Waals surface area contributed by atoms with Gasteiger partial charge in [0.05, 0.1) is 17.2 Å². The zero-order chi connectivity index (χ0) is 20.8. The van der Waals surface area contributed by atoms with Crippen LogP contribution in [0.4, 0.5) is 0 Å². The number of hydrogen-bond donors (Lipinski definition) is 1. The predicted octanol–water partition coefficient (Wildman–Crippen LogP) is 6.02. The lowest BCUT2D eigenvalue weighted by Crippen LogP contribution is -2.03. The molecule has 29 heavy (non-hydrogen) atoms. The van der Waals surface area contributed by atoms with Gasteiger partial charge in [0.2, 0.25) is 0 Å². The summed E-state index contributed by atoms with van der Waals surface area (Å²) in [6, 6.07) is 23.0. The Morgan fingerprint density at radius 3 is 2.14 bits per heavy atom. The summed E-state index contributed by atoms with van der Waals surface area (Å²) < 4.78 is 11.8. The second kappa shape index (κ2) is 8.77. The van der Waals surface area contributed by atoms with E-state index in [1.54, 1.807) is 86.6 Å². The molecule has 0 spiro atoms. The van der Waals surface area contributed by atoms with E-state index in [9.17, 15) is 9.90 Å². The molecule has 5 nitrogen and oxygen atoms in total. The van der Waals surface area contributed by atoms with Crippen molar-refractivity contribution in [2.24, 2.45) is 0 Å². The molecule has 3 aromatic carbocycles. The molecule has 0 fully saturated rings. The molecule has 0 aliphatic carbocycles. The average molecular weight is 385 g/mol. The Kier molecular flexibility index (Phi) is 5.96. The molecule has 0 atom stereocenters. The summed E-state index contributed by atoms with van der Waals surface area (Å²) in [7, 11) is 0. The molecule has 144 valence electrons. The van der Waals surface area contributed by atoms with Crippen molar-refractivity contribution < 1.29 is 19.4 Å². The largest absolute Gasteiger partial charge is 0.478 e. The number of rotatable bonds is 6.